The molecule has 0 spiro atoms. The van der Waals surface area contributed by atoms with Crippen LogP contribution in [-0.2, 0) is 20.8 Å². The van der Waals surface area contributed by atoms with Crippen LogP contribution in [0.1, 0.15) is 23.6 Å². The van der Waals surface area contributed by atoms with Crippen LogP contribution in [0, 0.1) is 13.8 Å². The van der Waals surface area contributed by atoms with Crippen molar-refractivity contribution in [3.63, 3.8) is 0 Å². The normalized spacial score (nSPS) is 11.5. The van der Waals surface area contributed by atoms with Crippen LogP contribution in [0.3, 0.4) is 0 Å². The highest BCUT2D eigenvalue weighted by atomic mass is 16.5. The maximum Gasteiger partial charge on any atom is 0.276 e. The first-order valence-corrected chi connectivity index (χ1v) is 10.4. The van der Waals surface area contributed by atoms with Gasteiger partial charge in [0.15, 0.2) is 6.61 Å². The lowest BCUT2D eigenvalue weighted by molar-refractivity contribution is -0.132. The van der Waals surface area contributed by atoms with Crippen molar-refractivity contribution in [3.8, 4) is 5.75 Å². The molecule has 3 aromatic carbocycles. The Labute approximate surface area is 187 Å². The third-order valence-electron chi connectivity index (χ3n) is 5.18. The standard InChI is InChI=1S/C25H27N3O4/c1-16-11-12-21(13-17(16)2)32-15-24(30)27-28-25(31)18(3)26-23(29)14-20-9-6-8-19-7-4-5-10-22(19)20/h4-13,18H,14-15H2,1-3H3,(H,26,29)(H,27,30)(H,28,31)/t18-/m1/s1. The van der Waals surface area contributed by atoms with Crippen LogP contribution in [-0.4, -0.2) is 30.4 Å². The molecule has 7 nitrogen and oxygen atoms in total. The van der Waals surface area contributed by atoms with Crippen molar-refractivity contribution in [2.45, 2.75) is 33.2 Å². The lowest BCUT2D eigenvalue weighted by Crippen LogP contribution is -2.52. The number of hydrogen-bond donors (Lipinski definition) is 3. The monoisotopic (exact) mass is 433 g/mol. The first kappa shape index (κ1) is 22.8. The summed E-state index contributed by atoms with van der Waals surface area (Å²) in [4.78, 5) is 36.6. The lowest BCUT2D eigenvalue weighted by atomic mass is 10.0. The first-order valence-electron chi connectivity index (χ1n) is 10.4. The van der Waals surface area contributed by atoms with E-state index in [1.165, 1.54) is 0 Å². The molecule has 0 bridgehead atoms. The van der Waals surface area contributed by atoms with Gasteiger partial charge in [-0.3, -0.25) is 25.2 Å². The number of hydrogen-bond acceptors (Lipinski definition) is 4. The summed E-state index contributed by atoms with van der Waals surface area (Å²) < 4.78 is 5.43. The van der Waals surface area contributed by atoms with Gasteiger partial charge >= 0.3 is 0 Å². The van der Waals surface area contributed by atoms with Crippen molar-refractivity contribution in [2.24, 2.45) is 0 Å². The Balaban J connectivity index is 1.44. The van der Waals surface area contributed by atoms with Gasteiger partial charge in [0.25, 0.3) is 11.8 Å². The number of benzene rings is 3. The number of nitrogens with one attached hydrogen (secondary N) is 3. The van der Waals surface area contributed by atoms with Gasteiger partial charge in [-0.15, -0.1) is 0 Å². The molecule has 7 heteroatoms. The summed E-state index contributed by atoms with van der Waals surface area (Å²) in [6.45, 7) is 5.25. The van der Waals surface area contributed by atoms with E-state index >= 15 is 0 Å². The Kier molecular flexibility index (Phi) is 7.44. The third kappa shape index (κ3) is 6.07. The van der Waals surface area contributed by atoms with Crippen LogP contribution in [0.4, 0.5) is 0 Å². The predicted octanol–water partition coefficient (Wildman–Crippen LogP) is 2.73. The molecule has 0 aromatic heterocycles. The molecule has 0 radical (unpaired) electrons. The number of carbonyl (C=O) groups is 3. The Morgan fingerprint density at radius 3 is 2.41 bits per heavy atom. The molecule has 0 saturated heterocycles. The molecule has 3 aromatic rings. The summed E-state index contributed by atoms with van der Waals surface area (Å²) >= 11 is 0. The van der Waals surface area contributed by atoms with E-state index in [-0.39, 0.29) is 18.9 Å². The summed E-state index contributed by atoms with van der Waals surface area (Å²) in [6.07, 6.45) is 0.148. The number of carbonyl (C=O) groups excluding carboxylic acids is 3. The van der Waals surface area contributed by atoms with Gasteiger partial charge in [-0.25, -0.2) is 0 Å². The second-order valence-electron chi connectivity index (χ2n) is 7.68. The summed E-state index contributed by atoms with van der Waals surface area (Å²) in [5, 5.41) is 4.70. The van der Waals surface area contributed by atoms with Gasteiger partial charge in [-0.1, -0.05) is 48.5 Å². The summed E-state index contributed by atoms with van der Waals surface area (Å²) in [6, 6.07) is 18.3. The van der Waals surface area contributed by atoms with Crippen molar-refractivity contribution in [1.82, 2.24) is 16.2 Å². The number of aryl methyl sites for hydroxylation is 2. The van der Waals surface area contributed by atoms with E-state index in [0.29, 0.717) is 5.75 Å². The zero-order valence-corrected chi connectivity index (χ0v) is 18.4. The Morgan fingerprint density at radius 1 is 0.875 bits per heavy atom. The summed E-state index contributed by atoms with van der Waals surface area (Å²) in [7, 11) is 0. The van der Waals surface area contributed by atoms with Gasteiger partial charge in [0.05, 0.1) is 6.42 Å². The number of hydrazine groups is 1. The maximum atomic E-state index is 12.4. The molecule has 0 fully saturated rings. The van der Waals surface area contributed by atoms with Crippen LogP contribution < -0.4 is 20.9 Å². The van der Waals surface area contributed by atoms with E-state index in [1.54, 1.807) is 13.0 Å². The van der Waals surface area contributed by atoms with Crippen LogP contribution in [0.2, 0.25) is 0 Å². The molecule has 166 valence electrons. The van der Waals surface area contributed by atoms with Crippen molar-refractivity contribution in [1.29, 1.82) is 0 Å². The average molecular weight is 434 g/mol. The van der Waals surface area contributed by atoms with Crippen molar-refractivity contribution < 1.29 is 19.1 Å². The van der Waals surface area contributed by atoms with Crippen LogP contribution >= 0.6 is 0 Å². The van der Waals surface area contributed by atoms with E-state index in [4.69, 9.17) is 4.74 Å². The van der Waals surface area contributed by atoms with Gasteiger partial charge in [0.1, 0.15) is 11.8 Å². The SMILES string of the molecule is Cc1ccc(OCC(=O)NNC(=O)[C@@H](C)NC(=O)Cc2cccc3ccccc23)cc1C. The Morgan fingerprint density at radius 2 is 1.62 bits per heavy atom. The number of fused-ring (bicyclic) bond motifs is 1. The zero-order valence-electron chi connectivity index (χ0n) is 18.4. The molecule has 3 amide bonds. The molecule has 0 aliphatic heterocycles. The molecule has 0 aliphatic rings. The molecule has 0 heterocycles. The van der Waals surface area contributed by atoms with Gasteiger partial charge in [0, 0.05) is 0 Å². The van der Waals surface area contributed by atoms with Crippen LogP contribution in [0.25, 0.3) is 10.8 Å². The minimum atomic E-state index is -0.821. The number of rotatable bonds is 7. The highest BCUT2D eigenvalue weighted by molar-refractivity contribution is 5.93. The molecule has 0 unspecified atom stereocenters. The van der Waals surface area contributed by atoms with Crippen molar-refractivity contribution in [2.75, 3.05) is 6.61 Å². The minimum absolute atomic E-state index is 0.148. The van der Waals surface area contributed by atoms with Crippen molar-refractivity contribution in [3.05, 3.63) is 77.4 Å². The molecular weight excluding hydrogens is 406 g/mol. The highest BCUT2D eigenvalue weighted by Gasteiger charge is 2.17. The van der Waals surface area contributed by atoms with Gasteiger partial charge in [-0.05, 0) is 60.4 Å². The van der Waals surface area contributed by atoms with E-state index in [2.05, 4.69) is 16.2 Å². The predicted molar refractivity (Wildman–Crippen MR) is 123 cm³/mol. The van der Waals surface area contributed by atoms with E-state index in [1.807, 2.05) is 68.4 Å². The molecule has 3 rings (SSSR count). The average Bonchev–Trinajstić information content (AvgIpc) is 2.78. The molecule has 0 saturated carbocycles. The second kappa shape index (κ2) is 10.4. The lowest BCUT2D eigenvalue weighted by Gasteiger charge is -2.15. The fourth-order valence-corrected chi connectivity index (χ4v) is 3.21. The van der Waals surface area contributed by atoms with E-state index in [0.717, 1.165) is 27.5 Å². The van der Waals surface area contributed by atoms with E-state index in [9.17, 15) is 14.4 Å². The summed E-state index contributed by atoms with van der Waals surface area (Å²) in [5.41, 5.74) is 7.67. The van der Waals surface area contributed by atoms with Gasteiger partial charge in [0.2, 0.25) is 5.91 Å². The fourth-order valence-electron chi connectivity index (χ4n) is 3.21. The van der Waals surface area contributed by atoms with Crippen LogP contribution in [0.5, 0.6) is 5.75 Å². The molecule has 3 N–H and O–H groups in total. The quantitative estimate of drug-likeness (QED) is 0.499. The zero-order chi connectivity index (χ0) is 23.1. The van der Waals surface area contributed by atoms with Gasteiger partial charge in [-0.2, -0.15) is 0 Å². The summed E-state index contributed by atoms with van der Waals surface area (Å²) in [5.74, 6) is -0.751. The number of amides is 3. The Bertz CT molecular complexity index is 1140. The van der Waals surface area contributed by atoms with Crippen molar-refractivity contribution >= 4 is 28.5 Å². The molecule has 1 atom stereocenters. The topological polar surface area (TPSA) is 96.5 Å². The molecule has 32 heavy (non-hydrogen) atoms. The smallest absolute Gasteiger partial charge is 0.276 e. The van der Waals surface area contributed by atoms with E-state index < -0.39 is 17.9 Å². The molecule has 0 aliphatic carbocycles. The first-order chi connectivity index (χ1) is 15.3. The fraction of sp³-hybridized carbons (Fsp3) is 0.240. The third-order valence-corrected chi connectivity index (χ3v) is 5.18. The second-order valence-corrected chi connectivity index (χ2v) is 7.68. The van der Waals surface area contributed by atoms with Gasteiger partial charge < -0.3 is 10.1 Å². The maximum absolute atomic E-state index is 12.4. The molecular formula is C25H27N3O4. The minimum Gasteiger partial charge on any atom is -0.484 e. The number of ether oxygens (including phenoxy) is 1. The van der Waals surface area contributed by atoms with Crippen LogP contribution in [0.15, 0.2) is 60.7 Å². The highest BCUT2D eigenvalue weighted by Crippen LogP contribution is 2.19. The largest absolute Gasteiger partial charge is 0.484 e. The Hall–Kier alpha value is -3.87.